The van der Waals surface area contributed by atoms with Crippen molar-refractivity contribution in [1.82, 2.24) is 4.90 Å². The number of piperazine rings is 1. The van der Waals surface area contributed by atoms with Gasteiger partial charge in [0, 0.05) is 24.7 Å². The van der Waals surface area contributed by atoms with Crippen LogP contribution < -0.4 is 4.90 Å². The lowest BCUT2D eigenvalue weighted by molar-refractivity contribution is -0.143. The number of amides is 2. The molecular weight excluding hydrogens is 252 g/mol. The van der Waals surface area contributed by atoms with Gasteiger partial charge in [-0.25, -0.2) is 0 Å². The van der Waals surface area contributed by atoms with Crippen LogP contribution in [0.1, 0.15) is 26.3 Å². The van der Waals surface area contributed by atoms with Gasteiger partial charge in [0.2, 0.25) is 11.8 Å². The number of carbonyl (C=O) groups is 2. The molecule has 0 radical (unpaired) electrons. The molecule has 1 saturated heterocycles. The lowest BCUT2D eigenvalue weighted by atomic mass is 10.1. The Hall–Kier alpha value is -1.84. The van der Waals surface area contributed by atoms with Gasteiger partial charge in [0.05, 0.1) is 0 Å². The summed E-state index contributed by atoms with van der Waals surface area (Å²) in [6, 6.07) is 7.52. The van der Waals surface area contributed by atoms with E-state index in [1.54, 1.807) is 9.80 Å². The summed E-state index contributed by atoms with van der Waals surface area (Å²) in [6.07, 6.45) is 0. The molecule has 0 aromatic heterocycles. The van der Waals surface area contributed by atoms with Gasteiger partial charge in [-0.1, -0.05) is 26.0 Å². The van der Waals surface area contributed by atoms with Crippen molar-refractivity contribution in [2.24, 2.45) is 5.92 Å². The fourth-order valence-corrected chi connectivity index (χ4v) is 2.56. The van der Waals surface area contributed by atoms with Crippen LogP contribution in [0.5, 0.6) is 0 Å². The quantitative estimate of drug-likeness (QED) is 0.829. The number of benzene rings is 1. The number of aryl methyl sites for hydroxylation is 1. The Morgan fingerprint density at radius 3 is 2.60 bits per heavy atom. The van der Waals surface area contributed by atoms with Crippen LogP contribution in [0, 0.1) is 12.8 Å². The molecule has 1 fully saturated rings. The van der Waals surface area contributed by atoms with Crippen LogP contribution in [0.3, 0.4) is 0 Å². The molecule has 1 unspecified atom stereocenters. The molecule has 4 heteroatoms. The highest BCUT2D eigenvalue weighted by Crippen LogP contribution is 2.22. The second-order valence-corrected chi connectivity index (χ2v) is 5.69. The molecule has 2 amide bonds. The predicted molar refractivity (Wildman–Crippen MR) is 79.5 cm³/mol. The molecular formula is C16H22N2O2. The van der Waals surface area contributed by atoms with Gasteiger partial charge in [0.25, 0.3) is 0 Å². The average molecular weight is 274 g/mol. The minimum atomic E-state index is -0.390. The minimum Gasteiger partial charge on any atom is -0.329 e. The molecule has 0 bridgehead atoms. The smallest absolute Gasteiger partial charge is 0.249 e. The monoisotopic (exact) mass is 274 g/mol. The van der Waals surface area contributed by atoms with Gasteiger partial charge in [0.1, 0.15) is 6.04 Å². The largest absolute Gasteiger partial charge is 0.329 e. The van der Waals surface area contributed by atoms with E-state index in [-0.39, 0.29) is 23.8 Å². The van der Waals surface area contributed by atoms with Crippen molar-refractivity contribution in [2.75, 3.05) is 18.0 Å². The topological polar surface area (TPSA) is 40.6 Å². The first-order chi connectivity index (χ1) is 9.41. The Balaban J connectivity index is 2.19. The van der Waals surface area contributed by atoms with E-state index in [1.165, 1.54) is 0 Å². The molecule has 1 aromatic carbocycles. The highest BCUT2D eigenvalue weighted by molar-refractivity contribution is 6.00. The highest BCUT2D eigenvalue weighted by Gasteiger charge is 2.35. The number of hydrogen-bond donors (Lipinski definition) is 0. The van der Waals surface area contributed by atoms with E-state index in [0.717, 1.165) is 11.3 Å². The van der Waals surface area contributed by atoms with Crippen molar-refractivity contribution in [2.45, 2.75) is 33.7 Å². The van der Waals surface area contributed by atoms with Gasteiger partial charge in [0.15, 0.2) is 0 Å². The fraction of sp³-hybridized carbons (Fsp3) is 0.500. The summed E-state index contributed by atoms with van der Waals surface area (Å²) in [5.74, 6) is -0.0265. The van der Waals surface area contributed by atoms with Crippen molar-refractivity contribution in [3.8, 4) is 0 Å². The van der Waals surface area contributed by atoms with Crippen molar-refractivity contribution < 1.29 is 9.59 Å². The zero-order valence-corrected chi connectivity index (χ0v) is 12.6. The number of nitrogens with zero attached hydrogens (tertiary/aromatic N) is 2. The van der Waals surface area contributed by atoms with Crippen molar-refractivity contribution >= 4 is 17.5 Å². The van der Waals surface area contributed by atoms with Crippen LogP contribution in [0.2, 0.25) is 0 Å². The SMILES string of the molecule is Cc1cccc(N2CCN(C(=O)C(C)C)C(C)C2=O)c1. The second kappa shape index (κ2) is 5.65. The molecule has 20 heavy (non-hydrogen) atoms. The van der Waals surface area contributed by atoms with E-state index >= 15 is 0 Å². The average Bonchev–Trinajstić information content (AvgIpc) is 2.41. The maximum absolute atomic E-state index is 12.5. The van der Waals surface area contributed by atoms with Crippen molar-refractivity contribution in [3.05, 3.63) is 29.8 Å². The maximum atomic E-state index is 12.5. The standard InChI is InChI=1S/C16H22N2O2/c1-11(2)15(19)17-8-9-18(16(20)13(17)4)14-7-5-6-12(3)10-14/h5-7,10-11,13H,8-9H2,1-4H3. The third kappa shape index (κ3) is 2.69. The molecule has 4 nitrogen and oxygen atoms in total. The Morgan fingerprint density at radius 2 is 2.00 bits per heavy atom. The summed E-state index contributed by atoms with van der Waals surface area (Å²) in [7, 11) is 0. The van der Waals surface area contributed by atoms with E-state index in [1.807, 2.05) is 52.0 Å². The second-order valence-electron chi connectivity index (χ2n) is 5.69. The molecule has 108 valence electrons. The van der Waals surface area contributed by atoms with Gasteiger partial charge in [-0.2, -0.15) is 0 Å². The minimum absolute atomic E-state index is 0.00384. The number of hydrogen-bond acceptors (Lipinski definition) is 2. The van der Waals surface area contributed by atoms with E-state index in [0.29, 0.717) is 13.1 Å². The molecule has 0 spiro atoms. The Kier molecular flexibility index (Phi) is 4.12. The van der Waals surface area contributed by atoms with Crippen LogP contribution in [0.15, 0.2) is 24.3 Å². The molecule has 1 atom stereocenters. The molecule has 1 heterocycles. The number of rotatable bonds is 2. The Morgan fingerprint density at radius 1 is 1.30 bits per heavy atom. The van der Waals surface area contributed by atoms with E-state index in [9.17, 15) is 9.59 Å². The van der Waals surface area contributed by atoms with Gasteiger partial charge in [-0.15, -0.1) is 0 Å². The van der Waals surface area contributed by atoms with Crippen molar-refractivity contribution in [1.29, 1.82) is 0 Å². The van der Waals surface area contributed by atoms with Gasteiger partial charge in [-0.05, 0) is 31.5 Å². The predicted octanol–water partition coefficient (Wildman–Crippen LogP) is 2.21. The fourth-order valence-electron chi connectivity index (χ4n) is 2.56. The number of carbonyl (C=O) groups excluding carboxylic acids is 2. The first-order valence-corrected chi connectivity index (χ1v) is 7.10. The molecule has 0 aliphatic carbocycles. The molecule has 1 aromatic rings. The van der Waals surface area contributed by atoms with Crippen LogP contribution in [-0.4, -0.2) is 35.8 Å². The third-order valence-electron chi connectivity index (χ3n) is 3.75. The molecule has 1 aliphatic heterocycles. The third-order valence-corrected chi connectivity index (χ3v) is 3.75. The Bertz CT molecular complexity index is 525. The van der Waals surface area contributed by atoms with Gasteiger partial charge < -0.3 is 9.80 Å². The summed E-state index contributed by atoms with van der Waals surface area (Å²) in [5.41, 5.74) is 2.04. The summed E-state index contributed by atoms with van der Waals surface area (Å²) >= 11 is 0. The normalized spacial score (nSPS) is 19.6. The van der Waals surface area contributed by atoms with Crippen LogP contribution >= 0.6 is 0 Å². The summed E-state index contributed by atoms with van der Waals surface area (Å²) < 4.78 is 0. The lowest BCUT2D eigenvalue weighted by Crippen LogP contribution is -2.58. The first-order valence-electron chi connectivity index (χ1n) is 7.10. The van der Waals surface area contributed by atoms with E-state index < -0.39 is 0 Å². The summed E-state index contributed by atoms with van der Waals surface area (Å²) in [5, 5.41) is 0. The highest BCUT2D eigenvalue weighted by atomic mass is 16.2. The number of anilines is 1. The lowest BCUT2D eigenvalue weighted by Gasteiger charge is -2.40. The van der Waals surface area contributed by atoms with Crippen LogP contribution in [0.4, 0.5) is 5.69 Å². The Labute approximate surface area is 120 Å². The molecule has 0 N–H and O–H groups in total. The van der Waals surface area contributed by atoms with Crippen LogP contribution in [0.25, 0.3) is 0 Å². The van der Waals surface area contributed by atoms with E-state index in [2.05, 4.69) is 0 Å². The molecule has 0 saturated carbocycles. The van der Waals surface area contributed by atoms with Crippen molar-refractivity contribution in [3.63, 3.8) is 0 Å². The van der Waals surface area contributed by atoms with E-state index in [4.69, 9.17) is 0 Å². The van der Waals surface area contributed by atoms with Gasteiger partial charge >= 0.3 is 0 Å². The summed E-state index contributed by atoms with van der Waals surface area (Å²) in [4.78, 5) is 28.1. The molecule has 1 aliphatic rings. The van der Waals surface area contributed by atoms with Crippen LogP contribution in [-0.2, 0) is 9.59 Å². The summed E-state index contributed by atoms with van der Waals surface area (Å²) in [6.45, 7) is 8.71. The molecule has 2 rings (SSSR count). The first kappa shape index (κ1) is 14.6. The zero-order valence-electron chi connectivity index (χ0n) is 12.6. The zero-order chi connectivity index (χ0) is 14.9. The maximum Gasteiger partial charge on any atom is 0.249 e. The van der Waals surface area contributed by atoms with Gasteiger partial charge in [-0.3, -0.25) is 9.59 Å².